The van der Waals surface area contributed by atoms with Crippen molar-refractivity contribution in [2.75, 3.05) is 0 Å². The Morgan fingerprint density at radius 2 is 2.07 bits per heavy atom. The fraction of sp³-hybridized carbons (Fsp3) is 0.647. The highest BCUT2D eigenvalue weighted by Gasteiger charge is 2.46. The van der Waals surface area contributed by atoms with Crippen LogP contribution in [0.2, 0.25) is 0 Å². The van der Waals surface area contributed by atoms with Gasteiger partial charge in [0.25, 0.3) is 0 Å². The van der Waals surface area contributed by atoms with Gasteiger partial charge in [0.15, 0.2) is 11.6 Å². The van der Waals surface area contributed by atoms with Crippen molar-refractivity contribution in [1.82, 2.24) is 14.5 Å². The lowest BCUT2D eigenvalue weighted by molar-refractivity contribution is -0.0506. The number of hydrogen-bond acceptors (Lipinski definition) is 8. The van der Waals surface area contributed by atoms with Crippen LogP contribution in [0.15, 0.2) is 17.1 Å². The van der Waals surface area contributed by atoms with Crippen LogP contribution in [0.25, 0.3) is 11.0 Å². The van der Waals surface area contributed by atoms with Gasteiger partial charge in [0.05, 0.1) is 12.2 Å². The van der Waals surface area contributed by atoms with Crippen LogP contribution in [-0.4, -0.2) is 64.5 Å². The standard InChI is InChI=1S/C17H26N3O8P/c1-8-5-10-7-20(16(23)19-14(10)18-8)15-13(22)12(21)11(27-15)6-9(2)28-29(25,26)17(3,4)24/h5,7,9,11-13,15,21-22,24H,6H2,1-4H3,(H,25,26)(H,18,19,23)/t9?,11-,12-,13-,15?/m1/s1. The van der Waals surface area contributed by atoms with Gasteiger partial charge in [-0.1, -0.05) is 0 Å². The number of aromatic nitrogens is 3. The molecule has 1 fully saturated rings. The molecule has 0 aliphatic carbocycles. The number of H-pyrrole nitrogens is 1. The summed E-state index contributed by atoms with van der Waals surface area (Å²) in [5.41, 5.74) is 0.546. The molecule has 0 bridgehead atoms. The third-order valence-corrected chi connectivity index (χ3v) is 6.89. The fourth-order valence-electron chi connectivity index (χ4n) is 3.23. The van der Waals surface area contributed by atoms with E-state index in [2.05, 4.69) is 9.97 Å². The molecule has 0 aromatic carbocycles. The molecule has 12 heteroatoms. The molecule has 3 unspecified atom stereocenters. The minimum absolute atomic E-state index is 0.0525. The van der Waals surface area contributed by atoms with Crippen molar-refractivity contribution >= 4 is 18.6 Å². The number of ether oxygens (including phenoxy) is 1. The Bertz CT molecular complexity index is 997. The van der Waals surface area contributed by atoms with Crippen LogP contribution in [0.1, 0.15) is 39.1 Å². The van der Waals surface area contributed by atoms with Crippen LogP contribution in [0.5, 0.6) is 0 Å². The van der Waals surface area contributed by atoms with E-state index < -0.39 is 49.3 Å². The summed E-state index contributed by atoms with van der Waals surface area (Å²) < 4.78 is 24.0. The Balaban J connectivity index is 1.78. The molecule has 5 N–H and O–H groups in total. The molecule has 1 aliphatic heterocycles. The SMILES string of the molecule is Cc1cc2cn(C3O[C@H](CC(C)OP(=O)(O)C(C)(C)O)[C@@H](O)[C@H]3O)c(=O)nc2[nH]1. The Kier molecular flexibility index (Phi) is 5.78. The van der Waals surface area contributed by atoms with Crippen molar-refractivity contribution < 1.29 is 34.0 Å². The number of hydrogen-bond donors (Lipinski definition) is 5. The average Bonchev–Trinajstić information content (AvgIpc) is 3.05. The maximum absolute atomic E-state index is 12.3. The molecular weight excluding hydrogens is 405 g/mol. The molecule has 0 saturated carbocycles. The highest BCUT2D eigenvalue weighted by Crippen LogP contribution is 2.54. The van der Waals surface area contributed by atoms with Crippen LogP contribution in [0.3, 0.4) is 0 Å². The van der Waals surface area contributed by atoms with E-state index in [1.54, 1.807) is 6.07 Å². The molecule has 29 heavy (non-hydrogen) atoms. The zero-order valence-electron chi connectivity index (χ0n) is 16.5. The zero-order valence-corrected chi connectivity index (χ0v) is 17.4. The Hall–Kier alpha value is -1.59. The van der Waals surface area contributed by atoms with E-state index in [0.717, 1.165) is 24.1 Å². The van der Waals surface area contributed by atoms with Crippen LogP contribution in [0.4, 0.5) is 0 Å². The summed E-state index contributed by atoms with van der Waals surface area (Å²) in [5, 5.41) is 29.2. The smallest absolute Gasteiger partial charge is 0.359 e. The van der Waals surface area contributed by atoms with Crippen LogP contribution in [-0.2, 0) is 13.8 Å². The number of aromatic amines is 1. The van der Waals surface area contributed by atoms with E-state index in [4.69, 9.17) is 9.26 Å². The lowest BCUT2D eigenvalue weighted by Gasteiger charge is -2.28. The molecule has 11 nitrogen and oxygen atoms in total. The molecule has 6 atom stereocenters. The van der Waals surface area contributed by atoms with E-state index in [9.17, 15) is 29.6 Å². The number of nitrogens with zero attached hydrogens (tertiary/aromatic N) is 2. The van der Waals surface area contributed by atoms with Crippen molar-refractivity contribution in [3.8, 4) is 0 Å². The van der Waals surface area contributed by atoms with Gasteiger partial charge in [-0.15, -0.1) is 0 Å². The van der Waals surface area contributed by atoms with Gasteiger partial charge < -0.3 is 34.5 Å². The summed E-state index contributed by atoms with van der Waals surface area (Å²) in [7, 11) is -4.34. The first-order valence-corrected chi connectivity index (χ1v) is 10.7. The van der Waals surface area contributed by atoms with Gasteiger partial charge >= 0.3 is 13.3 Å². The summed E-state index contributed by atoms with van der Waals surface area (Å²) >= 11 is 0. The van der Waals surface area contributed by atoms with E-state index in [0.29, 0.717) is 11.0 Å². The van der Waals surface area contributed by atoms with Gasteiger partial charge in [0, 0.05) is 23.7 Å². The average molecular weight is 431 g/mol. The van der Waals surface area contributed by atoms with Gasteiger partial charge in [0.2, 0.25) is 0 Å². The van der Waals surface area contributed by atoms with Crippen molar-refractivity contribution in [3.63, 3.8) is 0 Å². The molecule has 3 heterocycles. The molecular formula is C17H26N3O8P. The third kappa shape index (κ3) is 4.31. The quantitative estimate of drug-likeness (QED) is 0.406. The van der Waals surface area contributed by atoms with Gasteiger partial charge in [-0.05, 0) is 33.8 Å². The molecule has 0 spiro atoms. The molecule has 1 aliphatic rings. The Labute approximate surface area is 166 Å². The first-order chi connectivity index (χ1) is 13.3. The number of nitrogens with one attached hydrogen (secondary N) is 1. The second-order valence-corrected chi connectivity index (χ2v) is 10.2. The molecule has 0 radical (unpaired) electrons. The predicted molar refractivity (Wildman–Crippen MR) is 102 cm³/mol. The van der Waals surface area contributed by atoms with Crippen molar-refractivity contribution in [2.45, 2.75) is 70.1 Å². The number of aryl methyl sites for hydroxylation is 1. The van der Waals surface area contributed by atoms with Crippen LogP contribution >= 0.6 is 7.60 Å². The lowest BCUT2D eigenvalue weighted by Crippen LogP contribution is -2.36. The fourth-order valence-corrected chi connectivity index (χ4v) is 4.06. The van der Waals surface area contributed by atoms with E-state index in [-0.39, 0.29) is 6.42 Å². The van der Waals surface area contributed by atoms with Crippen molar-refractivity contribution in [1.29, 1.82) is 0 Å². The first kappa shape index (κ1) is 22.1. The van der Waals surface area contributed by atoms with E-state index in [1.165, 1.54) is 13.1 Å². The molecule has 0 amide bonds. The first-order valence-electron chi connectivity index (χ1n) is 9.14. The molecule has 162 valence electrons. The monoisotopic (exact) mass is 431 g/mol. The Morgan fingerprint density at radius 3 is 2.69 bits per heavy atom. The topological polar surface area (TPSA) is 167 Å². The minimum Gasteiger partial charge on any atom is -0.388 e. The molecule has 3 rings (SSSR count). The van der Waals surface area contributed by atoms with Crippen LogP contribution in [0, 0.1) is 6.92 Å². The van der Waals surface area contributed by atoms with Gasteiger partial charge in [-0.25, -0.2) is 4.79 Å². The number of rotatable bonds is 6. The normalized spacial score (nSPS) is 28.6. The summed E-state index contributed by atoms with van der Waals surface area (Å²) in [5.74, 6) is 0. The zero-order chi connectivity index (χ0) is 21.7. The largest absolute Gasteiger partial charge is 0.388 e. The number of aliphatic hydroxyl groups is 3. The second kappa shape index (κ2) is 7.59. The van der Waals surface area contributed by atoms with Gasteiger partial charge in [-0.3, -0.25) is 9.13 Å². The Morgan fingerprint density at radius 1 is 1.41 bits per heavy atom. The molecule has 1 saturated heterocycles. The summed E-state index contributed by atoms with van der Waals surface area (Å²) in [4.78, 5) is 29.1. The summed E-state index contributed by atoms with van der Waals surface area (Å²) in [6.07, 6.45) is -4.39. The maximum atomic E-state index is 12.3. The number of aliphatic hydroxyl groups excluding tert-OH is 2. The highest BCUT2D eigenvalue weighted by molar-refractivity contribution is 7.54. The highest BCUT2D eigenvalue weighted by atomic mass is 31.2. The lowest BCUT2D eigenvalue weighted by atomic mass is 10.1. The van der Waals surface area contributed by atoms with Crippen LogP contribution < -0.4 is 5.69 Å². The maximum Gasteiger partial charge on any atom is 0.359 e. The summed E-state index contributed by atoms with van der Waals surface area (Å²) in [6.45, 7) is 5.60. The number of fused-ring (bicyclic) bond motifs is 1. The third-order valence-electron chi connectivity index (χ3n) is 4.86. The van der Waals surface area contributed by atoms with Gasteiger partial charge in [-0.2, -0.15) is 4.98 Å². The van der Waals surface area contributed by atoms with E-state index >= 15 is 0 Å². The predicted octanol–water partition coefficient (Wildman–Crippen LogP) is 0.361. The minimum atomic E-state index is -4.34. The van der Waals surface area contributed by atoms with Crippen molar-refractivity contribution in [2.24, 2.45) is 0 Å². The second-order valence-electron chi connectivity index (χ2n) is 7.90. The molecule has 2 aromatic heterocycles. The van der Waals surface area contributed by atoms with Crippen molar-refractivity contribution in [3.05, 3.63) is 28.4 Å². The molecule has 2 aromatic rings. The van der Waals surface area contributed by atoms with E-state index in [1.807, 2.05) is 6.92 Å². The summed E-state index contributed by atoms with van der Waals surface area (Å²) in [6, 6.07) is 1.78. The van der Waals surface area contributed by atoms with Gasteiger partial charge in [0.1, 0.15) is 17.9 Å².